The maximum Gasteiger partial charge on any atom is 0.271 e. The first-order valence-corrected chi connectivity index (χ1v) is 6.00. The summed E-state index contributed by atoms with van der Waals surface area (Å²) >= 11 is 5.69. The Labute approximate surface area is 105 Å². The van der Waals surface area contributed by atoms with E-state index in [-0.39, 0.29) is 22.8 Å². The van der Waals surface area contributed by atoms with Crippen molar-refractivity contribution in [2.24, 2.45) is 0 Å². The number of likely N-dealkylation sites (tertiary alicyclic amines) is 1. The second kappa shape index (κ2) is 5.42. The maximum absolute atomic E-state index is 11.9. The van der Waals surface area contributed by atoms with Gasteiger partial charge in [0.2, 0.25) is 0 Å². The van der Waals surface area contributed by atoms with Crippen molar-refractivity contribution in [3.05, 3.63) is 23.2 Å². The molecule has 2 heterocycles. The van der Waals surface area contributed by atoms with E-state index >= 15 is 0 Å². The van der Waals surface area contributed by atoms with E-state index in [1.165, 1.54) is 12.4 Å². The van der Waals surface area contributed by atoms with Crippen molar-refractivity contribution in [3.63, 3.8) is 0 Å². The minimum absolute atomic E-state index is 0.182. The second-order valence-electron chi connectivity index (χ2n) is 4.30. The number of hydrogen-bond donors (Lipinski definition) is 1. The van der Waals surface area contributed by atoms with Crippen molar-refractivity contribution >= 4 is 17.5 Å². The Hall–Kier alpha value is -1.20. The van der Waals surface area contributed by atoms with Gasteiger partial charge in [-0.25, -0.2) is 4.98 Å². The molecule has 1 aliphatic heterocycles. The molecule has 17 heavy (non-hydrogen) atoms. The van der Waals surface area contributed by atoms with Crippen LogP contribution in [0.15, 0.2) is 12.4 Å². The summed E-state index contributed by atoms with van der Waals surface area (Å²) in [6.07, 6.45) is 4.94. The lowest BCUT2D eigenvalue weighted by Crippen LogP contribution is -2.46. The summed E-state index contributed by atoms with van der Waals surface area (Å²) in [7, 11) is 2.05. The molecule has 0 radical (unpaired) electrons. The Bertz CT molecular complexity index is 412. The number of amides is 1. The molecule has 0 aromatic carbocycles. The van der Waals surface area contributed by atoms with Crippen molar-refractivity contribution in [3.8, 4) is 0 Å². The predicted molar refractivity (Wildman–Crippen MR) is 65.0 cm³/mol. The highest BCUT2D eigenvalue weighted by atomic mass is 35.5. The van der Waals surface area contributed by atoms with Crippen molar-refractivity contribution in [1.82, 2.24) is 20.2 Å². The van der Waals surface area contributed by atoms with Crippen LogP contribution in [-0.2, 0) is 0 Å². The molecule has 1 unspecified atom stereocenters. The Kier molecular flexibility index (Phi) is 3.91. The van der Waals surface area contributed by atoms with Gasteiger partial charge in [-0.3, -0.25) is 9.78 Å². The lowest BCUT2D eigenvalue weighted by atomic mass is 10.1. The smallest absolute Gasteiger partial charge is 0.271 e. The first-order chi connectivity index (χ1) is 8.15. The van der Waals surface area contributed by atoms with Crippen LogP contribution in [-0.4, -0.2) is 47.0 Å². The molecule has 2 rings (SSSR count). The molecule has 1 atom stereocenters. The number of likely N-dealkylation sites (N-methyl/N-ethyl adjacent to an activating group) is 1. The molecular formula is C11H15ClN4O. The van der Waals surface area contributed by atoms with Gasteiger partial charge in [-0.1, -0.05) is 11.6 Å². The zero-order chi connectivity index (χ0) is 12.3. The number of carbonyl (C=O) groups is 1. The van der Waals surface area contributed by atoms with Crippen LogP contribution in [0.4, 0.5) is 0 Å². The third kappa shape index (κ3) is 3.38. The lowest BCUT2D eigenvalue weighted by Gasteiger charge is -2.30. The van der Waals surface area contributed by atoms with Gasteiger partial charge in [0.1, 0.15) is 10.8 Å². The van der Waals surface area contributed by atoms with E-state index in [9.17, 15) is 4.79 Å². The van der Waals surface area contributed by atoms with Crippen LogP contribution in [0.25, 0.3) is 0 Å². The molecule has 92 valence electrons. The molecule has 1 aliphatic rings. The molecule has 1 fully saturated rings. The molecule has 0 spiro atoms. The summed E-state index contributed by atoms with van der Waals surface area (Å²) in [6, 6.07) is 0.182. The highest BCUT2D eigenvalue weighted by molar-refractivity contribution is 6.29. The Balaban J connectivity index is 1.97. The van der Waals surface area contributed by atoms with Gasteiger partial charge in [0.05, 0.1) is 12.4 Å². The van der Waals surface area contributed by atoms with E-state index in [0.717, 1.165) is 25.9 Å². The summed E-state index contributed by atoms with van der Waals surface area (Å²) in [4.78, 5) is 21.9. The molecule has 5 nitrogen and oxygen atoms in total. The summed E-state index contributed by atoms with van der Waals surface area (Å²) in [6.45, 7) is 1.96. The quantitative estimate of drug-likeness (QED) is 0.854. The second-order valence-corrected chi connectivity index (χ2v) is 4.69. The van der Waals surface area contributed by atoms with Gasteiger partial charge in [-0.2, -0.15) is 0 Å². The van der Waals surface area contributed by atoms with Gasteiger partial charge in [0.15, 0.2) is 0 Å². The van der Waals surface area contributed by atoms with Crippen LogP contribution >= 0.6 is 11.6 Å². The Morgan fingerprint density at radius 3 is 3.12 bits per heavy atom. The number of halogens is 1. The topological polar surface area (TPSA) is 58.1 Å². The van der Waals surface area contributed by atoms with Crippen molar-refractivity contribution in [1.29, 1.82) is 0 Å². The van der Waals surface area contributed by atoms with Crippen molar-refractivity contribution in [2.45, 2.75) is 18.9 Å². The normalized spacial score (nSPS) is 21.2. The average Bonchev–Trinajstić information content (AvgIpc) is 2.29. The summed E-state index contributed by atoms with van der Waals surface area (Å²) in [5, 5.41) is 3.19. The Morgan fingerprint density at radius 1 is 1.59 bits per heavy atom. The van der Waals surface area contributed by atoms with Crippen LogP contribution in [0.1, 0.15) is 23.3 Å². The number of nitrogens with zero attached hydrogens (tertiary/aromatic N) is 3. The fourth-order valence-corrected chi connectivity index (χ4v) is 2.14. The summed E-state index contributed by atoms with van der Waals surface area (Å²) < 4.78 is 0. The first-order valence-electron chi connectivity index (χ1n) is 5.62. The fraction of sp³-hybridized carbons (Fsp3) is 0.545. The third-order valence-electron chi connectivity index (χ3n) is 2.80. The minimum Gasteiger partial charge on any atom is -0.347 e. The maximum atomic E-state index is 11.9. The first kappa shape index (κ1) is 12.3. The zero-order valence-electron chi connectivity index (χ0n) is 9.69. The zero-order valence-corrected chi connectivity index (χ0v) is 10.4. The van der Waals surface area contributed by atoms with Crippen LogP contribution < -0.4 is 5.32 Å². The highest BCUT2D eigenvalue weighted by Crippen LogP contribution is 2.09. The van der Waals surface area contributed by atoms with Gasteiger partial charge in [0, 0.05) is 12.6 Å². The average molecular weight is 255 g/mol. The monoisotopic (exact) mass is 254 g/mol. The molecule has 0 bridgehead atoms. The van der Waals surface area contributed by atoms with E-state index in [2.05, 4.69) is 27.2 Å². The molecule has 6 heteroatoms. The number of rotatable bonds is 2. The van der Waals surface area contributed by atoms with E-state index in [1.54, 1.807) is 0 Å². The SMILES string of the molecule is CN1CCCC(NC(=O)c2cncc(Cl)n2)C1. The van der Waals surface area contributed by atoms with E-state index in [0.29, 0.717) is 0 Å². The lowest BCUT2D eigenvalue weighted by molar-refractivity contribution is 0.0907. The number of aromatic nitrogens is 2. The number of piperidine rings is 1. The fourth-order valence-electron chi connectivity index (χ4n) is 2.00. The van der Waals surface area contributed by atoms with E-state index < -0.39 is 0 Å². The summed E-state index contributed by atoms with van der Waals surface area (Å²) in [5.41, 5.74) is 0.269. The molecule has 0 saturated carbocycles. The molecule has 1 aromatic rings. The van der Waals surface area contributed by atoms with Crippen LogP contribution in [0.3, 0.4) is 0 Å². The van der Waals surface area contributed by atoms with Crippen molar-refractivity contribution in [2.75, 3.05) is 20.1 Å². The van der Waals surface area contributed by atoms with Crippen LogP contribution in [0.2, 0.25) is 5.15 Å². The minimum atomic E-state index is -0.208. The van der Waals surface area contributed by atoms with Crippen LogP contribution in [0, 0.1) is 0 Å². The van der Waals surface area contributed by atoms with Crippen LogP contribution in [0.5, 0.6) is 0 Å². The Morgan fingerprint density at radius 2 is 2.41 bits per heavy atom. The van der Waals surface area contributed by atoms with Gasteiger partial charge < -0.3 is 10.2 Å². The molecule has 1 saturated heterocycles. The van der Waals surface area contributed by atoms with Gasteiger partial charge in [0.25, 0.3) is 5.91 Å². The number of hydrogen-bond acceptors (Lipinski definition) is 4. The number of carbonyl (C=O) groups excluding carboxylic acids is 1. The number of nitrogens with one attached hydrogen (secondary N) is 1. The molecule has 1 aromatic heterocycles. The molecule has 1 amide bonds. The predicted octanol–water partition coefficient (Wildman–Crippen LogP) is 0.954. The van der Waals surface area contributed by atoms with Crippen molar-refractivity contribution < 1.29 is 4.79 Å². The van der Waals surface area contributed by atoms with E-state index in [4.69, 9.17) is 11.6 Å². The van der Waals surface area contributed by atoms with Gasteiger partial charge >= 0.3 is 0 Å². The van der Waals surface area contributed by atoms with Gasteiger partial charge in [-0.05, 0) is 26.4 Å². The van der Waals surface area contributed by atoms with Gasteiger partial charge in [-0.15, -0.1) is 0 Å². The third-order valence-corrected chi connectivity index (χ3v) is 2.98. The molecular weight excluding hydrogens is 240 g/mol. The largest absolute Gasteiger partial charge is 0.347 e. The molecule has 0 aliphatic carbocycles. The summed E-state index contributed by atoms with van der Waals surface area (Å²) in [5.74, 6) is -0.208. The highest BCUT2D eigenvalue weighted by Gasteiger charge is 2.20. The molecule has 1 N–H and O–H groups in total. The van der Waals surface area contributed by atoms with E-state index in [1.807, 2.05) is 0 Å². The standard InChI is InChI=1S/C11H15ClN4O/c1-16-4-2-3-8(7-16)14-11(17)9-5-13-6-10(12)15-9/h5-6,8H,2-4,7H2,1H3,(H,14,17).